The highest BCUT2D eigenvalue weighted by Gasteiger charge is 2.08. The molecule has 1 aromatic rings. The van der Waals surface area contributed by atoms with Gasteiger partial charge in [0, 0.05) is 6.54 Å². The van der Waals surface area contributed by atoms with Crippen molar-refractivity contribution in [3.05, 3.63) is 35.9 Å². The number of rotatable bonds is 8. The van der Waals surface area contributed by atoms with Gasteiger partial charge >= 0.3 is 0 Å². The van der Waals surface area contributed by atoms with E-state index in [4.69, 9.17) is 4.55 Å². The van der Waals surface area contributed by atoms with Crippen molar-refractivity contribution < 1.29 is 13.0 Å². The second kappa shape index (κ2) is 7.51. The minimum Gasteiger partial charge on any atom is -0.316 e. The highest BCUT2D eigenvalue weighted by molar-refractivity contribution is 7.85. The van der Waals surface area contributed by atoms with Crippen LogP contribution in [0.15, 0.2) is 30.3 Å². The molecule has 0 saturated heterocycles. The topological polar surface area (TPSA) is 66.4 Å². The molecule has 2 N–H and O–H groups in total. The lowest BCUT2D eigenvalue weighted by molar-refractivity contribution is 0.478. The Morgan fingerprint density at radius 1 is 1.28 bits per heavy atom. The first-order valence-corrected chi connectivity index (χ1v) is 7.84. The predicted molar refractivity (Wildman–Crippen MR) is 73.4 cm³/mol. The zero-order chi connectivity index (χ0) is 13.4. The molecule has 0 aliphatic heterocycles. The van der Waals surface area contributed by atoms with Gasteiger partial charge < -0.3 is 5.32 Å². The molecule has 0 heterocycles. The van der Waals surface area contributed by atoms with Gasteiger partial charge in [-0.1, -0.05) is 37.3 Å². The Morgan fingerprint density at radius 2 is 1.94 bits per heavy atom. The Bertz CT molecular complexity index is 431. The summed E-state index contributed by atoms with van der Waals surface area (Å²) in [5, 5.41) is 3.23. The van der Waals surface area contributed by atoms with Crippen molar-refractivity contribution >= 4 is 10.1 Å². The lowest BCUT2D eigenvalue weighted by atomic mass is 9.96. The third-order valence-electron chi connectivity index (χ3n) is 2.91. The van der Waals surface area contributed by atoms with Crippen molar-refractivity contribution in [1.29, 1.82) is 0 Å². The smallest absolute Gasteiger partial charge is 0.264 e. The summed E-state index contributed by atoms with van der Waals surface area (Å²) in [6, 6.07) is 10.3. The van der Waals surface area contributed by atoms with Crippen LogP contribution >= 0.6 is 0 Å². The second-order valence-corrected chi connectivity index (χ2v) is 5.93. The molecule has 1 aromatic carbocycles. The van der Waals surface area contributed by atoms with Crippen LogP contribution in [0.4, 0.5) is 0 Å². The molecular weight excluding hydrogens is 250 g/mol. The van der Waals surface area contributed by atoms with Gasteiger partial charge in [0.1, 0.15) is 0 Å². The predicted octanol–water partition coefficient (Wildman–Crippen LogP) is 2.05. The van der Waals surface area contributed by atoms with Crippen molar-refractivity contribution in [1.82, 2.24) is 5.32 Å². The fourth-order valence-corrected chi connectivity index (χ4v) is 2.39. The normalized spacial score (nSPS) is 13.4. The molecule has 102 valence electrons. The van der Waals surface area contributed by atoms with Crippen LogP contribution in [0.2, 0.25) is 0 Å². The molecule has 0 spiro atoms. The zero-order valence-corrected chi connectivity index (χ0v) is 11.5. The van der Waals surface area contributed by atoms with E-state index in [-0.39, 0.29) is 5.75 Å². The molecule has 0 aliphatic carbocycles. The van der Waals surface area contributed by atoms with Crippen molar-refractivity contribution in [3.8, 4) is 0 Å². The molecule has 0 aromatic heterocycles. The molecule has 0 saturated carbocycles. The molecule has 5 heteroatoms. The lowest BCUT2D eigenvalue weighted by Crippen LogP contribution is -2.24. The van der Waals surface area contributed by atoms with Crippen LogP contribution in [0, 0.1) is 0 Å². The van der Waals surface area contributed by atoms with Crippen LogP contribution in [0.3, 0.4) is 0 Å². The summed E-state index contributed by atoms with van der Waals surface area (Å²) in [5.74, 6) is 0.263. The summed E-state index contributed by atoms with van der Waals surface area (Å²) in [5.41, 5.74) is 1.29. The maximum absolute atomic E-state index is 10.5. The Morgan fingerprint density at radius 3 is 2.50 bits per heavy atom. The van der Waals surface area contributed by atoms with E-state index >= 15 is 0 Å². The fraction of sp³-hybridized carbons (Fsp3) is 0.538. The van der Waals surface area contributed by atoms with Gasteiger partial charge in [0.05, 0.1) is 5.75 Å². The number of benzene rings is 1. The number of nitrogens with one attached hydrogen (secondary N) is 1. The summed E-state index contributed by atoms with van der Waals surface area (Å²) in [7, 11) is -3.82. The van der Waals surface area contributed by atoms with Crippen molar-refractivity contribution in [2.24, 2.45) is 0 Å². The first kappa shape index (κ1) is 15.1. The van der Waals surface area contributed by atoms with Gasteiger partial charge in [-0.2, -0.15) is 8.42 Å². The third kappa shape index (κ3) is 6.14. The van der Waals surface area contributed by atoms with Crippen LogP contribution in [0.25, 0.3) is 0 Å². The molecule has 0 radical (unpaired) electrons. The van der Waals surface area contributed by atoms with E-state index in [0.717, 1.165) is 13.0 Å². The minimum absolute atomic E-state index is 0.178. The van der Waals surface area contributed by atoms with Crippen LogP contribution in [0.5, 0.6) is 0 Å². The van der Waals surface area contributed by atoms with E-state index < -0.39 is 10.1 Å². The molecule has 0 amide bonds. The van der Waals surface area contributed by atoms with E-state index in [9.17, 15) is 8.42 Å². The van der Waals surface area contributed by atoms with E-state index in [1.165, 1.54) is 5.56 Å². The Hall–Kier alpha value is -0.910. The van der Waals surface area contributed by atoms with Crippen LogP contribution in [0.1, 0.15) is 31.2 Å². The molecule has 0 bridgehead atoms. The largest absolute Gasteiger partial charge is 0.316 e. The molecule has 1 rings (SSSR count). The van der Waals surface area contributed by atoms with Crippen molar-refractivity contribution in [2.75, 3.05) is 18.8 Å². The Labute approximate surface area is 109 Å². The molecule has 4 nitrogen and oxygen atoms in total. The molecular formula is C13H21NO3S. The standard InChI is InChI=1S/C13H21NO3S/c1-2-12(13-7-4-3-5-8-13)11-14-9-6-10-18(15,16)17/h3-5,7-8,12,14H,2,6,9-11H2,1H3,(H,15,16,17). The summed E-state index contributed by atoms with van der Waals surface area (Å²) < 4.78 is 29.7. The van der Waals surface area contributed by atoms with Gasteiger partial charge in [-0.3, -0.25) is 4.55 Å². The highest BCUT2D eigenvalue weighted by Crippen LogP contribution is 2.17. The maximum atomic E-state index is 10.5. The summed E-state index contributed by atoms with van der Waals surface area (Å²) >= 11 is 0. The summed E-state index contributed by atoms with van der Waals surface area (Å²) in [6.45, 7) is 3.56. The monoisotopic (exact) mass is 271 g/mol. The van der Waals surface area contributed by atoms with Crippen LogP contribution in [-0.4, -0.2) is 31.8 Å². The molecule has 0 fully saturated rings. The molecule has 0 aliphatic rings. The third-order valence-corrected chi connectivity index (χ3v) is 3.71. The number of hydrogen-bond acceptors (Lipinski definition) is 3. The van der Waals surface area contributed by atoms with Gasteiger partial charge in [0.15, 0.2) is 0 Å². The van der Waals surface area contributed by atoms with Gasteiger partial charge in [-0.05, 0) is 30.9 Å². The van der Waals surface area contributed by atoms with E-state index in [0.29, 0.717) is 18.9 Å². The number of hydrogen-bond donors (Lipinski definition) is 2. The average Bonchev–Trinajstić information content (AvgIpc) is 2.33. The van der Waals surface area contributed by atoms with E-state index in [1.807, 2.05) is 18.2 Å². The van der Waals surface area contributed by atoms with Crippen LogP contribution in [-0.2, 0) is 10.1 Å². The molecule has 1 unspecified atom stereocenters. The fourth-order valence-electron chi connectivity index (χ4n) is 1.88. The SMILES string of the molecule is CCC(CNCCCS(=O)(=O)O)c1ccccc1. The first-order valence-electron chi connectivity index (χ1n) is 6.23. The molecule has 1 atom stereocenters. The lowest BCUT2D eigenvalue weighted by Gasteiger charge is -2.16. The Balaban J connectivity index is 2.29. The van der Waals surface area contributed by atoms with E-state index in [2.05, 4.69) is 24.4 Å². The van der Waals surface area contributed by atoms with E-state index in [1.54, 1.807) is 0 Å². The average molecular weight is 271 g/mol. The Kier molecular flexibility index (Phi) is 6.32. The summed E-state index contributed by atoms with van der Waals surface area (Å²) in [6.07, 6.45) is 1.47. The van der Waals surface area contributed by atoms with Gasteiger partial charge in [-0.15, -0.1) is 0 Å². The first-order chi connectivity index (χ1) is 8.53. The highest BCUT2D eigenvalue weighted by atomic mass is 32.2. The second-order valence-electron chi connectivity index (χ2n) is 4.36. The quantitative estimate of drug-likeness (QED) is 0.561. The minimum atomic E-state index is -3.82. The van der Waals surface area contributed by atoms with Gasteiger partial charge in [-0.25, -0.2) is 0 Å². The maximum Gasteiger partial charge on any atom is 0.264 e. The zero-order valence-electron chi connectivity index (χ0n) is 10.7. The molecule has 18 heavy (non-hydrogen) atoms. The van der Waals surface area contributed by atoms with Gasteiger partial charge in [0.25, 0.3) is 10.1 Å². The van der Waals surface area contributed by atoms with Gasteiger partial charge in [0.2, 0.25) is 0 Å². The van der Waals surface area contributed by atoms with Crippen LogP contribution < -0.4 is 5.32 Å². The van der Waals surface area contributed by atoms with Crippen molar-refractivity contribution in [2.45, 2.75) is 25.7 Å². The summed E-state index contributed by atoms with van der Waals surface area (Å²) in [4.78, 5) is 0. The van der Waals surface area contributed by atoms with Crippen molar-refractivity contribution in [3.63, 3.8) is 0 Å².